The Bertz CT molecular complexity index is 1520. The zero-order valence-corrected chi connectivity index (χ0v) is 19.4. The fourth-order valence-corrected chi connectivity index (χ4v) is 3.55. The maximum atomic E-state index is 13.0. The minimum Gasteiger partial charge on any atom is -0.497 e. The molecule has 3 heterocycles. The maximum absolute atomic E-state index is 13.0. The van der Waals surface area contributed by atoms with Crippen LogP contribution in [0, 0.1) is 13.8 Å². The first-order valence-electron chi connectivity index (χ1n) is 10.8. The van der Waals surface area contributed by atoms with Crippen molar-refractivity contribution in [1.29, 1.82) is 0 Å². The van der Waals surface area contributed by atoms with Crippen molar-refractivity contribution in [1.82, 2.24) is 30.1 Å². The second-order valence-corrected chi connectivity index (χ2v) is 7.93. The van der Waals surface area contributed by atoms with Crippen LogP contribution in [0.15, 0.2) is 57.5 Å². The van der Waals surface area contributed by atoms with Crippen molar-refractivity contribution in [3.05, 3.63) is 71.2 Å². The normalized spacial score (nSPS) is 11.7. The van der Waals surface area contributed by atoms with Crippen LogP contribution in [0.5, 0.6) is 5.75 Å². The van der Waals surface area contributed by atoms with Gasteiger partial charge in [0.15, 0.2) is 5.69 Å². The standard InChI is InChI=1S/C24H19F3N6O3/c1-13-20(23-29-21(31-36-23)16-5-4-6-17(11-16)24(25,26)27)30-32-33(13)12-19-14(2)35-22(28-19)15-7-9-18(34-3)10-8-15/h4-11H,12H2,1-3H3. The lowest BCUT2D eigenvalue weighted by Gasteiger charge is -2.06. The Hall–Kier alpha value is -4.48. The van der Waals surface area contributed by atoms with E-state index in [2.05, 4.69) is 25.4 Å². The maximum Gasteiger partial charge on any atom is 0.416 e. The minimum atomic E-state index is -4.48. The average molecular weight is 496 g/mol. The predicted octanol–water partition coefficient (Wildman–Crippen LogP) is 5.34. The molecule has 0 atom stereocenters. The molecule has 0 aliphatic carbocycles. The molecule has 5 rings (SSSR count). The first kappa shape index (κ1) is 23.3. The summed E-state index contributed by atoms with van der Waals surface area (Å²) in [5.41, 5.74) is 1.77. The zero-order chi connectivity index (χ0) is 25.4. The minimum absolute atomic E-state index is 0.0153. The highest BCUT2D eigenvalue weighted by Crippen LogP contribution is 2.32. The quantitative estimate of drug-likeness (QED) is 0.310. The van der Waals surface area contributed by atoms with Gasteiger partial charge in [0.05, 0.1) is 24.9 Å². The topological polar surface area (TPSA) is 105 Å². The molecule has 3 aromatic heterocycles. The molecule has 5 aromatic rings. The van der Waals surface area contributed by atoms with Gasteiger partial charge in [0.2, 0.25) is 11.7 Å². The third-order valence-corrected chi connectivity index (χ3v) is 5.59. The number of alkyl halides is 3. The number of ether oxygens (including phenoxy) is 1. The van der Waals surface area contributed by atoms with Crippen LogP contribution in [-0.4, -0.2) is 37.2 Å². The fraction of sp³-hybridized carbons (Fsp3) is 0.208. The van der Waals surface area contributed by atoms with Crippen LogP contribution in [0.1, 0.15) is 22.7 Å². The highest BCUT2D eigenvalue weighted by atomic mass is 19.4. The molecule has 36 heavy (non-hydrogen) atoms. The summed E-state index contributed by atoms with van der Waals surface area (Å²) in [5.74, 6) is 1.88. The second-order valence-electron chi connectivity index (χ2n) is 7.93. The van der Waals surface area contributed by atoms with Gasteiger partial charge in [-0.2, -0.15) is 18.2 Å². The molecule has 0 bridgehead atoms. The van der Waals surface area contributed by atoms with Crippen LogP contribution in [0.25, 0.3) is 34.4 Å². The number of benzene rings is 2. The Labute approximate surface area is 202 Å². The molecule has 0 unspecified atom stereocenters. The molecule has 0 fully saturated rings. The molecule has 2 aromatic carbocycles. The molecule has 0 N–H and O–H groups in total. The summed E-state index contributed by atoms with van der Waals surface area (Å²) in [7, 11) is 1.59. The number of halogens is 3. The Kier molecular flexibility index (Phi) is 5.78. The summed E-state index contributed by atoms with van der Waals surface area (Å²) < 4.78 is 57.0. The average Bonchev–Trinajstić information content (AvgIpc) is 3.59. The van der Waals surface area contributed by atoms with Gasteiger partial charge in [0.1, 0.15) is 17.2 Å². The van der Waals surface area contributed by atoms with E-state index in [9.17, 15) is 13.2 Å². The van der Waals surface area contributed by atoms with E-state index in [4.69, 9.17) is 13.7 Å². The Morgan fingerprint density at radius 2 is 1.75 bits per heavy atom. The van der Waals surface area contributed by atoms with Crippen molar-refractivity contribution in [2.24, 2.45) is 0 Å². The van der Waals surface area contributed by atoms with Gasteiger partial charge in [-0.15, -0.1) is 5.10 Å². The van der Waals surface area contributed by atoms with E-state index >= 15 is 0 Å². The first-order valence-corrected chi connectivity index (χ1v) is 10.8. The van der Waals surface area contributed by atoms with Crippen molar-refractivity contribution < 1.29 is 26.8 Å². The van der Waals surface area contributed by atoms with Gasteiger partial charge < -0.3 is 13.7 Å². The Morgan fingerprint density at radius 3 is 2.47 bits per heavy atom. The molecule has 0 amide bonds. The van der Waals surface area contributed by atoms with Gasteiger partial charge in [-0.1, -0.05) is 22.5 Å². The van der Waals surface area contributed by atoms with Gasteiger partial charge in [0, 0.05) is 11.1 Å². The number of hydrogen-bond donors (Lipinski definition) is 0. The third-order valence-electron chi connectivity index (χ3n) is 5.59. The number of methoxy groups -OCH3 is 1. The largest absolute Gasteiger partial charge is 0.497 e. The lowest BCUT2D eigenvalue weighted by Crippen LogP contribution is -2.05. The highest BCUT2D eigenvalue weighted by Gasteiger charge is 2.31. The van der Waals surface area contributed by atoms with E-state index in [0.717, 1.165) is 23.4 Å². The van der Waals surface area contributed by atoms with Crippen molar-refractivity contribution in [3.8, 4) is 40.2 Å². The number of nitrogens with zero attached hydrogens (tertiary/aromatic N) is 6. The van der Waals surface area contributed by atoms with Crippen molar-refractivity contribution in [3.63, 3.8) is 0 Å². The lowest BCUT2D eigenvalue weighted by atomic mass is 10.1. The van der Waals surface area contributed by atoms with E-state index < -0.39 is 11.7 Å². The van der Waals surface area contributed by atoms with E-state index in [0.29, 0.717) is 28.7 Å². The van der Waals surface area contributed by atoms with Crippen LogP contribution in [0.4, 0.5) is 13.2 Å². The number of hydrogen-bond acceptors (Lipinski definition) is 8. The van der Waals surface area contributed by atoms with Gasteiger partial charge in [-0.25, -0.2) is 9.67 Å². The molecule has 0 saturated carbocycles. The van der Waals surface area contributed by atoms with Crippen LogP contribution in [0.2, 0.25) is 0 Å². The van der Waals surface area contributed by atoms with Crippen molar-refractivity contribution >= 4 is 0 Å². The molecule has 0 aliphatic rings. The highest BCUT2D eigenvalue weighted by molar-refractivity contribution is 5.60. The van der Waals surface area contributed by atoms with Crippen LogP contribution in [0.3, 0.4) is 0 Å². The van der Waals surface area contributed by atoms with Gasteiger partial charge in [-0.05, 0) is 50.2 Å². The summed E-state index contributed by atoms with van der Waals surface area (Å²) in [4.78, 5) is 8.81. The SMILES string of the molecule is COc1ccc(-c2nc(Cn3nnc(-c4nc(-c5cccc(C(F)(F)F)c5)no4)c3C)c(C)o2)cc1. The van der Waals surface area contributed by atoms with E-state index in [1.807, 2.05) is 31.2 Å². The second kappa shape index (κ2) is 8.95. The lowest BCUT2D eigenvalue weighted by molar-refractivity contribution is -0.137. The Morgan fingerprint density at radius 1 is 0.972 bits per heavy atom. The Balaban J connectivity index is 1.38. The predicted molar refractivity (Wildman–Crippen MR) is 121 cm³/mol. The summed E-state index contributed by atoms with van der Waals surface area (Å²) in [6, 6.07) is 12.0. The third kappa shape index (κ3) is 4.44. The fourth-order valence-electron chi connectivity index (χ4n) is 3.55. The van der Waals surface area contributed by atoms with Crippen molar-refractivity contribution in [2.75, 3.05) is 7.11 Å². The summed E-state index contributed by atoms with van der Waals surface area (Å²) in [5, 5.41) is 12.1. The molecular weight excluding hydrogens is 477 g/mol. The van der Waals surface area contributed by atoms with Crippen LogP contribution >= 0.6 is 0 Å². The van der Waals surface area contributed by atoms with Gasteiger partial charge in [0.25, 0.3) is 5.89 Å². The van der Waals surface area contributed by atoms with Gasteiger partial charge >= 0.3 is 6.18 Å². The summed E-state index contributed by atoms with van der Waals surface area (Å²) in [6.07, 6.45) is -4.48. The molecule has 9 nitrogen and oxygen atoms in total. The molecule has 0 saturated heterocycles. The van der Waals surface area contributed by atoms with E-state index in [-0.39, 0.29) is 23.8 Å². The molecule has 184 valence electrons. The molecule has 12 heteroatoms. The number of rotatable bonds is 6. The first-order chi connectivity index (χ1) is 17.2. The molecule has 0 spiro atoms. The smallest absolute Gasteiger partial charge is 0.416 e. The van der Waals surface area contributed by atoms with Crippen molar-refractivity contribution in [2.45, 2.75) is 26.6 Å². The monoisotopic (exact) mass is 496 g/mol. The van der Waals surface area contributed by atoms with E-state index in [1.54, 1.807) is 18.7 Å². The zero-order valence-electron chi connectivity index (χ0n) is 19.4. The summed E-state index contributed by atoms with van der Waals surface area (Å²) in [6.45, 7) is 3.85. The molecule has 0 aliphatic heterocycles. The number of aromatic nitrogens is 6. The van der Waals surface area contributed by atoms with E-state index in [1.165, 1.54) is 12.1 Å². The van der Waals surface area contributed by atoms with Crippen LogP contribution < -0.4 is 4.74 Å². The molecular formula is C24H19F3N6O3. The van der Waals surface area contributed by atoms with Gasteiger partial charge in [-0.3, -0.25) is 0 Å². The van der Waals surface area contributed by atoms with Crippen LogP contribution in [-0.2, 0) is 12.7 Å². The molecule has 0 radical (unpaired) electrons. The summed E-state index contributed by atoms with van der Waals surface area (Å²) >= 11 is 0. The number of oxazole rings is 1. The number of aryl methyl sites for hydroxylation is 1.